The van der Waals surface area contributed by atoms with Gasteiger partial charge in [0.25, 0.3) is 5.91 Å². The van der Waals surface area contributed by atoms with Crippen molar-refractivity contribution in [2.45, 2.75) is 6.92 Å². The molecule has 0 unspecified atom stereocenters. The Morgan fingerprint density at radius 3 is 2.36 bits per heavy atom. The zero-order chi connectivity index (χ0) is 17.8. The van der Waals surface area contributed by atoms with Crippen LogP contribution in [0.4, 0.5) is 5.69 Å². The first-order valence-electron chi connectivity index (χ1n) is 7.68. The molecule has 0 aliphatic rings. The van der Waals surface area contributed by atoms with Crippen molar-refractivity contribution >= 4 is 29.0 Å². The van der Waals surface area contributed by atoms with E-state index in [9.17, 15) is 9.59 Å². The van der Waals surface area contributed by atoms with Crippen LogP contribution in [0.25, 0.3) is 11.1 Å². The number of halogens is 1. The Hall–Kier alpha value is -2.98. The van der Waals surface area contributed by atoms with Gasteiger partial charge in [-0.15, -0.1) is 0 Å². The molecule has 0 saturated heterocycles. The summed E-state index contributed by atoms with van der Waals surface area (Å²) in [4.78, 5) is 27.8. The fourth-order valence-corrected chi connectivity index (χ4v) is 2.68. The van der Waals surface area contributed by atoms with Gasteiger partial charge in [-0.05, 0) is 30.7 Å². The highest BCUT2D eigenvalue weighted by Crippen LogP contribution is 2.29. The van der Waals surface area contributed by atoms with E-state index in [4.69, 9.17) is 11.6 Å². The first kappa shape index (κ1) is 16.9. The number of nitrogens with one attached hydrogen (secondary N) is 1. The summed E-state index contributed by atoms with van der Waals surface area (Å²) >= 11 is 5.99. The zero-order valence-electron chi connectivity index (χ0n) is 13.5. The van der Waals surface area contributed by atoms with Gasteiger partial charge in [0.15, 0.2) is 5.78 Å². The Balaban J connectivity index is 1.92. The van der Waals surface area contributed by atoms with Crippen LogP contribution in [0.2, 0.25) is 5.15 Å². The van der Waals surface area contributed by atoms with Crippen molar-refractivity contribution in [2.24, 2.45) is 0 Å². The molecule has 3 aromatic rings. The lowest BCUT2D eigenvalue weighted by Crippen LogP contribution is -2.13. The monoisotopic (exact) mass is 350 g/mol. The third-order valence-electron chi connectivity index (χ3n) is 3.78. The number of amides is 1. The highest BCUT2D eigenvalue weighted by Gasteiger charge is 2.13. The van der Waals surface area contributed by atoms with Crippen molar-refractivity contribution in [2.75, 3.05) is 5.32 Å². The molecule has 0 saturated carbocycles. The lowest BCUT2D eigenvalue weighted by molar-refractivity contribution is 0.101. The number of carbonyl (C=O) groups is 2. The SMILES string of the molecule is CC(=O)c1ccc(-c2ccccc2NC(=O)c2cccnc2Cl)cc1. The number of pyridine rings is 1. The van der Waals surface area contributed by atoms with E-state index in [1.807, 2.05) is 36.4 Å². The van der Waals surface area contributed by atoms with Crippen molar-refractivity contribution in [1.29, 1.82) is 0 Å². The number of aromatic nitrogens is 1. The van der Waals surface area contributed by atoms with Gasteiger partial charge < -0.3 is 5.32 Å². The van der Waals surface area contributed by atoms with Crippen LogP contribution in [0.15, 0.2) is 66.9 Å². The van der Waals surface area contributed by atoms with Gasteiger partial charge in [0.2, 0.25) is 0 Å². The van der Waals surface area contributed by atoms with Gasteiger partial charge in [0, 0.05) is 23.0 Å². The molecule has 0 spiro atoms. The van der Waals surface area contributed by atoms with Crippen molar-refractivity contribution in [3.63, 3.8) is 0 Å². The minimum atomic E-state index is -0.328. The molecule has 0 radical (unpaired) electrons. The number of rotatable bonds is 4. The summed E-state index contributed by atoms with van der Waals surface area (Å²) in [6.45, 7) is 1.53. The zero-order valence-corrected chi connectivity index (χ0v) is 14.2. The minimum absolute atomic E-state index is 0.0133. The lowest BCUT2D eigenvalue weighted by Gasteiger charge is -2.12. The number of anilines is 1. The number of para-hydroxylation sites is 1. The molecule has 1 heterocycles. The fraction of sp³-hybridized carbons (Fsp3) is 0.0500. The van der Waals surface area contributed by atoms with Gasteiger partial charge in [0.05, 0.1) is 5.56 Å². The predicted molar refractivity (Wildman–Crippen MR) is 99.1 cm³/mol. The average molecular weight is 351 g/mol. The van der Waals surface area contributed by atoms with E-state index in [0.29, 0.717) is 16.8 Å². The number of hydrogen-bond acceptors (Lipinski definition) is 3. The summed E-state index contributed by atoms with van der Waals surface area (Å²) in [5, 5.41) is 3.03. The molecule has 0 aliphatic heterocycles. The molecule has 4 nitrogen and oxygen atoms in total. The summed E-state index contributed by atoms with van der Waals surface area (Å²) in [7, 11) is 0. The highest BCUT2D eigenvalue weighted by molar-refractivity contribution is 6.33. The number of carbonyl (C=O) groups excluding carboxylic acids is 2. The third-order valence-corrected chi connectivity index (χ3v) is 4.08. The van der Waals surface area contributed by atoms with E-state index in [0.717, 1.165) is 11.1 Å². The Kier molecular flexibility index (Phi) is 4.91. The largest absolute Gasteiger partial charge is 0.321 e. The third kappa shape index (κ3) is 3.75. The summed E-state index contributed by atoms with van der Waals surface area (Å²) < 4.78 is 0. The number of nitrogens with zero attached hydrogens (tertiary/aromatic N) is 1. The number of benzene rings is 2. The van der Waals surface area contributed by atoms with E-state index in [1.165, 1.54) is 13.1 Å². The topological polar surface area (TPSA) is 59.1 Å². The van der Waals surface area contributed by atoms with Gasteiger partial charge in [-0.1, -0.05) is 54.1 Å². The van der Waals surface area contributed by atoms with Crippen molar-refractivity contribution in [3.05, 3.63) is 83.1 Å². The van der Waals surface area contributed by atoms with E-state index < -0.39 is 0 Å². The van der Waals surface area contributed by atoms with Crippen LogP contribution in [0.3, 0.4) is 0 Å². The smallest absolute Gasteiger partial charge is 0.258 e. The van der Waals surface area contributed by atoms with Crippen LogP contribution in [0.5, 0.6) is 0 Å². The van der Waals surface area contributed by atoms with E-state index >= 15 is 0 Å². The summed E-state index contributed by atoms with van der Waals surface area (Å²) in [6, 6.07) is 18.0. The van der Waals surface area contributed by atoms with Crippen LogP contribution in [-0.4, -0.2) is 16.7 Å². The van der Waals surface area contributed by atoms with Crippen LogP contribution < -0.4 is 5.32 Å². The van der Waals surface area contributed by atoms with Crippen molar-refractivity contribution < 1.29 is 9.59 Å². The first-order chi connectivity index (χ1) is 12.1. The quantitative estimate of drug-likeness (QED) is 0.540. The van der Waals surface area contributed by atoms with Gasteiger partial charge in [0.1, 0.15) is 5.15 Å². The molecule has 124 valence electrons. The lowest BCUT2D eigenvalue weighted by atomic mass is 10.0. The minimum Gasteiger partial charge on any atom is -0.321 e. The molecule has 0 atom stereocenters. The standard InChI is InChI=1S/C20H15ClN2O2/c1-13(24)14-8-10-15(11-9-14)16-5-2-3-7-18(16)23-20(25)17-6-4-12-22-19(17)21/h2-12H,1H3,(H,23,25). The number of ketones is 1. The summed E-state index contributed by atoms with van der Waals surface area (Å²) in [6.07, 6.45) is 1.53. The Labute approximate surface area is 150 Å². The maximum absolute atomic E-state index is 12.5. The maximum Gasteiger partial charge on any atom is 0.258 e. The molecule has 2 aromatic carbocycles. The molecule has 0 bridgehead atoms. The normalized spacial score (nSPS) is 10.3. The second-order valence-electron chi connectivity index (χ2n) is 5.48. The van der Waals surface area contributed by atoms with Gasteiger partial charge in [-0.25, -0.2) is 4.98 Å². The van der Waals surface area contributed by atoms with Crippen LogP contribution >= 0.6 is 11.6 Å². The molecule has 1 amide bonds. The highest BCUT2D eigenvalue weighted by atomic mass is 35.5. The van der Waals surface area contributed by atoms with E-state index in [1.54, 1.807) is 24.3 Å². The number of hydrogen-bond donors (Lipinski definition) is 1. The molecule has 25 heavy (non-hydrogen) atoms. The van der Waals surface area contributed by atoms with Crippen molar-refractivity contribution in [3.8, 4) is 11.1 Å². The second kappa shape index (κ2) is 7.28. The molecule has 5 heteroatoms. The number of Topliss-reactive ketones (excluding diaryl/α,β-unsaturated/α-hetero) is 1. The average Bonchev–Trinajstić information content (AvgIpc) is 2.62. The van der Waals surface area contributed by atoms with Gasteiger partial charge in [-0.3, -0.25) is 9.59 Å². The molecule has 1 aromatic heterocycles. The Morgan fingerprint density at radius 1 is 0.960 bits per heavy atom. The molecule has 3 rings (SSSR count). The summed E-state index contributed by atoms with van der Waals surface area (Å²) in [5.74, 6) is -0.315. The molecule has 0 aliphatic carbocycles. The molecule has 1 N–H and O–H groups in total. The summed E-state index contributed by atoms with van der Waals surface area (Å²) in [5.41, 5.74) is 3.37. The van der Waals surface area contributed by atoms with Crippen LogP contribution in [0, 0.1) is 0 Å². The van der Waals surface area contributed by atoms with E-state index in [2.05, 4.69) is 10.3 Å². The van der Waals surface area contributed by atoms with Gasteiger partial charge >= 0.3 is 0 Å². The maximum atomic E-state index is 12.5. The van der Waals surface area contributed by atoms with Crippen LogP contribution in [0.1, 0.15) is 27.6 Å². The fourth-order valence-electron chi connectivity index (χ4n) is 2.47. The molecule has 0 fully saturated rings. The predicted octanol–water partition coefficient (Wildman–Crippen LogP) is 4.86. The van der Waals surface area contributed by atoms with Crippen molar-refractivity contribution in [1.82, 2.24) is 4.98 Å². The Morgan fingerprint density at radius 2 is 1.68 bits per heavy atom. The second-order valence-corrected chi connectivity index (χ2v) is 5.83. The Bertz CT molecular complexity index is 936. The van der Waals surface area contributed by atoms with E-state index in [-0.39, 0.29) is 16.8 Å². The molecular weight excluding hydrogens is 336 g/mol. The molecular formula is C20H15ClN2O2. The van der Waals surface area contributed by atoms with Gasteiger partial charge in [-0.2, -0.15) is 0 Å². The van der Waals surface area contributed by atoms with Crippen LogP contribution in [-0.2, 0) is 0 Å². The first-order valence-corrected chi connectivity index (χ1v) is 8.06.